The molecule has 2 aromatic heterocycles. The molecular weight excluding hydrogens is 510 g/mol. The highest BCUT2D eigenvalue weighted by Crippen LogP contribution is 2.36. The van der Waals surface area contributed by atoms with E-state index < -0.39 is 17.7 Å². The van der Waals surface area contributed by atoms with Gasteiger partial charge in [-0.2, -0.15) is 5.10 Å². The maximum absolute atomic E-state index is 14.0. The van der Waals surface area contributed by atoms with Crippen LogP contribution in [0.2, 0.25) is 0 Å². The number of carbonyl (C=O) groups excluding carboxylic acids is 1. The van der Waals surface area contributed by atoms with Crippen LogP contribution in [0, 0.1) is 12.8 Å². The minimum absolute atomic E-state index is 0.00475. The lowest BCUT2D eigenvalue weighted by Crippen LogP contribution is -2.52. The average Bonchev–Trinajstić information content (AvgIpc) is 3.70. The minimum atomic E-state index is -0.624. The fourth-order valence-electron chi connectivity index (χ4n) is 5.72. The number of carbonyl (C=O) groups is 1. The number of amidine groups is 1. The third-order valence-electron chi connectivity index (χ3n) is 7.93. The van der Waals surface area contributed by atoms with Gasteiger partial charge >= 0.3 is 0 Å². The Morgan fingerprint density at radius 2 is 2.10 bits per heavy atom. The van der Waals surface area contributed by atoms with E-state index in [2.05, 4.69) is 53.6 Å². The van der Waals surface area contributed by atoms with Crippen LogP contribution in [-0.4, -0.2) is 77.0 Å². The third kappa shape index (κ3) is 5.00. The number of hydrogen-bond donors (Lipinski definition) is 2. The summed E-state index contributed by atoms with van der Waals surface area (Å²) < 4.78 is 5.60. The molecule has 1 saturated heterocycles. The Morgan fingerprint density at radius 3 is 2.69 bits per heavy atom. The van der Waals surface area contributed by atoms with Crippen LogP contribution in [0.1, 0.15) is 57.1 Å². The first kappa shape index (κ1) is 27.5. The second kappa shape index (κ2) is 10.8. The van der Waals surface area contributed by atoms with Crippen LogP contribution >= 0.6 is 11.3 Å². The highest BCUT2D eigenvalue weighted by molar-refractivity contribution is 7.13. The van der Waals surface area contributed by atoms with Gasteiger partial charge in [0.2, 0.25) is 5.91 Å². The van der Waals surface area contributed by atoms with Crippen LogP contribution in [0.5, 0.6) is 0 Å². The first-order valence-electron chi connectivity index (χ1n) is 13.8. The van der Waals surface area contributed by atoms with Crippen LogP contribution in [0.4, 0.5) is 0 Å². The van der Waals surface area contributed by atoms with Crippen molar-refractivity contribution in [2.24, 2.45) is 11.0 Å². The van der Waals surface area contributed by atoms with Crippen LogP contribution in [0.3, 0.4) is 0 Å². The van der Waals surface area contributed by atoms with E-state index in [0.29, 0.717) is 24.6 Å². The van der Waals surface area contributed by atoms with Crippen LogP contribution in [0.15, 0.2) is 45.5 Å². The van der Waals surface area contributed by atoms with Crippen LogP contribution in [-0.2, 0) is 10.5 Å². The second-order valence-electron chi connectivity index (χ2n) is 10.9. The zero-order chi connectivity index (χ0) is 27.9. The van der Waals surface area contributed by atoms with Crippen molar-refractivity contribution in [1.29, 1.82) is 0 Å². The van der Waals surface area contributed by atoms with Gasteiger partial charge in [0.1, 0.15) is 24.7 Å². The third-order valence-corrected chi connectivity index (χ3v) is 8.90. The van der Waals surface area contributed by atoms with Gasteiger partial charge in [-0.15, -0.1) is 11.3 Å². The number of aliphatic hydroxyl groups is 1. The molecule has 0 saturated carbocycles. The van der Waals surface area contributed by atoms with Crippen molar-refractivity contribution >= 4 is 43.6 Å². The predicted octanol–water partition coefficient (Wildman–Crippen LogP) is 1.53. The molecule has 5 rings (SSSR count). The fraction of sp³-hybridized carbons (Fsp3) is 0.481. The zero-order valence-corrected chi connectivity index (χ0v) is 24.3. The van der Waals surface area contributed by atoms with Gasteiger partial charge < -0.3 is 19.8 Å². The summed E-state index contributed by atoms with van der Waals surface area (Å²) in [6.45, 7) is 11.2. The Hall–Kier alpha value is -3.11. The van der Waals surface area contributed by atoms with Crippen molar-refractivity contribution < 1.29 is 14.4 Å². The van der Waals surface area contributed by atoms with Crippen molar-refractivity contribution in [2.45, 2.75) is 64.8 Å². The number of nitrogens with one attached hydrogen (secondary N) is 1. The summed E-state index contributed by atoms with van der Waals surface area (Å²) in [5.74, 6) is 0.718. The molecule has 2 aliphatic heterocycles. The molecule has 3 aromatic rings. The Labute approximate surface area is 235 Å². The summed E-state index contributed by atoms with van der Waals surface area (Å²) in [5.41, 5.74) is 5.34. The maximum Gasteiger partial charge on any atom is 0.234 e. The van der Waals surface area contributed by atoms with Gasteiger partial charge in [-0.3, -0.25) is 9.80 Å². The number of rotatable bonds is 8. The van der Waals surface area contributed by atoms with E-state index >= 15 is 0 Å². The Bertz CT molecular complexity index is 1360. The molecule has 204 valence electrons. The standard InChI is InChI=1S/C27H36B2N6O3S/c1-6-35-27(5,18-9-7-17(8-10-18)24-16(4)30-14-39-24)31-25(32-35)20-11-19(36)13-34(20)26(37)23(15(2)3)21-12-22(29-28)33-38-21/h7-10,12,14-15,19-20,23,29,36H,6,11,13,28H2,1-5H3,(H,31,32)/t19-,20+,23?,27-/m1/s1. The van der Waals surface area contributed by atoms with E-state index in [-0.39, 0.29) is 24.4 Å². The number of β-amino-alcohol motifs (C(OH)–C–C–N with tert-alkyl or cyclic N) is 1. The van der Waals surface area contributed by atoms with Gasteiger partial charge in [-0.05, 0) is 43.9 Å². The number of nitrogens with zero attached hydrogens (tertiary/aromatic N) is 5. The summed E-state index contributed by atoms with van der Waals surface area (Å²) in [7, 11) is 2.75. The Balaban J connectivity index is 1.41. The lowest BCUT2D eigenvalue weighted by atomic mass is 9.53. The lowest BCUT2D eigenvalue weighted by molar-refractivity contribution is -0.134. The molecule has 9 nitrogen and oxygen atoms in total. The zero-order valence-electron chi connectivity index (χ0n) is 23.5. The molecule has 2 N–H and O–H groups in total. The molecule has 0 aliphatic carbocycles. The average molecular weight is 546 g/mol. The first-order valence-corrected chi connectivity index (χ1v) is 14.6. The monoisotopic (exact) mass is 546 g/mol. The number of likely N-dealkylation sites (tertiary alicyclic amines) is 1. The van der Waals surface area contributed by atoms with E-state index in [1.165, 1.54) is 4.88 Å². The molecule has 1 fully saturated rings. The van der Waals surface area contributed by atoms with Gasteiger partial charge in [-0.1, -0.05) is 43.3 Å². The van der Waals surface area contributed by atoms with Gasteiger partial charge in [0.25, 0.3) is 0 Å². The highest BCUT2D eigenvalue weighted by Gasteiger charge is 2.47. The molecule has 1 amide bonds. The van der Waals surface area contributed by atoms with E-state index in [9.17, 15) is 9.90 Å². The molecule has 4 atom stereocenters. The van der Waals surface area contributed by atoms with E-state index in [0.717, 1.165) is 29.6 Å². The smallest absolute Gasteiger partial charge is 0.234 e. The molecule has 2 aliphatic rings. The van der Waals surface area contributed by atoms with Gasteiger partial charge in [0, 0.05) is 25.1 Å². The molecule has 0 spiro atoms. The Kier molecular flexibility index (Phi) is 7.61. The number of amides is 1. The van der Waals surface area contributed by atoms with Crippen molar-refractivity contribution in [1.82, 2.24) is 25.4 Å². The van der Waals surface area contributed by atoms with Crippen molar-refractivity contribution in [2.75, 3.05) is 13.1 Å². The molecular formula is C27H36B2N6O3S. The first-order chi connectivity index (χ1) is 18.7. The quantitative estimate of drug-likeness (QED) is 0.413. The van der Waals surface area contributed by atoms with Crippen molar-refractivity contribution in [3.8, 4) is 10.4 Å². The summed E-state index contributed by atoms with van der Waals surface area (Å²) in [4.78, 5) is 21.3. The summed E-state index contributed by atoms with van der Waals surface area (Å²) in [5, 5.41) is 25.4. The molecule has 39 heavy (non-hydrogen) atoms. The topological polar surface area (TPSA) is 107 Å². The molecule has 0 radical (unpaired) electrons. The van der Waals surface area contributed by atoms with Gasteiger partial charge in [-0.25, -0.2) is 4.98 Å². The summed E-state index contributed by atoms with van der Waals surface area (Å²) in [6, 6.07) is 10.0. The number of aryl methyl sites for hydroxylation is 1. The minimum Gasteiger partial charge on any atom is -0.391 e. The normalized spacial score (nSPS) is 23.7. The number of hydrogen-bond acceptors (Lipinski definition) is 9. The van der Waals surface area contributed by atoms with E-state index in [1.807, 2.05) is 45.1 Å². The summed E-state index contributed by atoms with van der Waals surface area (Å²) >= 11 is 1.64. The maximum atomic E-state index is 14.0. The molecule has 1 aromatic carbocycles. The number of aromatic nitrogens is 2. The SMILES string of the molecule is BBc1cc(C(C(=O)N2C[C@H](O)C[C@H]2C2=NN(CC)[C@](C)(c3ccc(-c4scnc4C)cc3)N2)C(C)C)on1. The number of hydrazone groups is 1. The van der Waals surface area contributed by atoms with Crippen molar-refractivity contribution in [3.63, 3.8) is 0 Å². The number of benzene rings is 1. The van der Waals surface area contributed by atoms with E-state index in [1.54, 1.807) is 16.2 Å². The second-order valence-corrected chi connectivity index (χ2v) is 11.8. The molecule has 0 bridgehead atoms. The lowest BCUT2D eigenvalue weighted by Gasteiger charge is -2.35. The van der Waals surface area contributed by atoms with E-state index in [4.69, 9.17) is 9.62 Å². The van der Waals surface area contributed by atoms with Gasteiger partial charge in [0.05, 0.1) is 36.0 Å². The van der Waals surface area contributed by atoms with Crippen LogP contribution < -0.4 is 10.9 Å². The summed E-state index contributed by atoms with van der Waals surface area (Å²) in [6.07, 6.45) is -0.197. The van der Waals surface area contributed by atoms with Crippen LogP contribution in [0.25, 0.3) is 10.4 Å². The predicted molar refractivity (Wildman–Crippen MR) is 158 cm³/mol. The highest BCUT2D eigenvalue weighted by atomic mass is 32.1. The molecule has 12 heteroatoms. The fourth-order valence-corrected chi connectivity index (χ4v) is 6.54. The Morgan fingerprint density at radius 1 is 1.36 bits per heavy atom. The van der Waals surface area contributed by atoms with Gasteiger partial charge in [0.15, 0.2) is 5.66 Å². The van der Waals surface area contributed by atoms with Crippen molar-refractivity contribution in [3.05, 3.63) is 52.9 Å². The number of aliphatic hydroxyl groups excluding tert-OH is 1. The number of thiazole rings is 1. The largest absolute Gasteiger partial charge is 0.391 e. The molecule has 1 unspecified atom stereocenters. The molecule has 4 heterocycles.